The second-order valence-electron chi connectivity index (χ2n) is 7.57. The van der Waals surface area contributed by atoms with E-state index in [1.165, 1.54) is 36.2 Å². The van der Waals surface area contributed by atoms with E-state index in [4.69, 9.17) is 0 Å². The van der Waals surface area contributed by atoms with Gasteiger partial charge in [0.25, 0.3) is 0 Å². The molecule has 0 aromatic heterocycles. The van der Waals surface area contributed by atoms with Gasteiger partial charge in [0.2, 0.25) is 15.9 Å². The van der Waals surface area contributed by atoms with E-state index in [1.807, 2.05) is 0 Å². The van der Waals surface area contributed by atoms with Crippen LogP contribution < -0.4 is 5.32 Å². The number of carbonyl (C=O) groups is 1. The van der Waals surface area contributed by atoms with Gasteiger partial charge in [-0.3, -0.25) is 4.79 Å². The molecule has 2 aliphatic carbocycles. The summed E-state index contributed by atoms with van der Waals surface area (Å²) in [6.07, 6.45) is 7.87. The summed E-state index contributed by atoms with van der Waals surface area (Å²) in [7, 11) is -3.12. The Balaban J connectivity index is 1.48. The molecule has 5 nitrogen and oxygen atoms in total. The number of rotatable bonds is 4. The minimum absolute atomic E-state index is 0.0287. The quantitative estimate of drug-likeness (QED) is 0.852. The lowest BCUT2D eigenvalue weighted by Crippen LogP contribution is -2.46. The van der Waals surface area contributed by atoms with Crippen LogP contribution in [0.5, 0.6) is 0 Å². The van der Waals surface area contributed by atoms with Crippen LogP contribution in [0.2, 0.25) is 0 Å². The van der Waals surface area contributed by atoms with Crippen LogP contribution in [0.15, 0.2) is 0 Å². The van der Waals surface area contributed by atoms with Crippen molar-refractivity contribution in [2.24, 2.45) is 23.7 Å². The first kappa shape index (κ1) is 16.2. The first-order chi connectivity index (χ1) is 10.3. The number of nitrogens with zero attached hydrogens (tertiary/aromatic N) is 1. The highest BCUT2D eigenvalue weighted by atomic mass is 32.2. The van der Waals surface area contributed by atoms with Gasteiger partial charge in [0.1, 0.15) is 0 Å². The molecule has 2 bridgehead atoms. The fourth-order valence-corrected chi connectivity index (χ4v) is 5.68. The second kappa shape index (κ2) is 6.11. The SMILES string of the molecule is C[C@@H](NC(=O)C1CCN(S(C)(=O)=O)CC1)[C@@H]1C[C@@H]2CC[C@@H]1C2. The molecule has 4 atom stereocenters. The maximum absolute atomic E-state index is 12.4. The summed E-state index contributed by atoms with van der Waals surface area (Å²) >= 11 is 0. The molecule has 6 heteroatoms. The number of sulfonamides is 1. The zero-order valence-corrected chi connectivity index (χ0v) is 14.4. The van der Waals surface area contributed by atoms with Crippen molar-refractivity contribution in [1.82, 2.24) is 9.62 Å². The number of hydrogen-bond donors (Lipinski definition) is 1. The smallest absolute Gasteiger partial charge is 0.223 e. The van der Waals surface area contributed by atoms with Crippen LogP contribution in [-0.2, 0) is 14.8 Å². The maximum atomic E-state index is 12.4. The number of amides is 1. The molecule has 22 heavy (non-hydrogen) atoms. The lowest BCUT2D eigenvalue weighted by atomic mass is 9.83. The molecule has 1 N–H and O–H groups in total. The monoisotopic (exact) mass is 328 g/mol. The summed E-state index contributed by atoms with van der Waals surface area (Å²) in [5, 5.41) is 3.22. The van der Waals surface area contributed by atoms with Gasteiger partial charge in [-0.2, -0.15) is 0 Å². The van der Waals surface area contributed by atoms with Crippen molar-refractivity contribution in [3.05, 3.63) is 0 Å². The van der Waals surface area contributed by atoms with E-state index in [-0.39, 0.29) is 17.9 Å². The van der Waals surface area contributed by atoms with Gasteiger partial charge in [-0.15, -0.1) is 0 Å². The van der Waals surface area contributed by atoms with Crippen LogP contribution in [-0.4, -0.2) is 44.0 Å². The molecule has 0 spiro atoms. The molecule has 126 valence electrons. The van der Waals surface area contributed by atoms with E-state index in [0.29, 0.717) is 31.8 Å². The number of nitrogens with one attached hydrogen (secondary N) is 1. The van der Waals surface area contributed by atoms with Crippen LogP contribution in [0.25, 0.3) is 0 Å². The lowest BCUT2D eigenvalue weighted by Gasteiger charge is -2.32. The van der Waals surface area contributed by atoms with Gasteiger partial charge in [-0.25, -0.2) is 12.7 Å². The van der Waals surface area contributed by atoms with Crippen molar-refractivity contribution in [1.29, 1.82) is 0 Å². The Morgan fingerprint density at radius 3 is 2.32 bits per heavy atom. The van der Waals surface area contributed by atoms with E-state index in [1.54, 1.807) is 0 Å². The van der Waals surface area contributed by atoms with Crippen molar-refractivity contribution in [2.75, 3.05) is 19.3 Å². The third kappa shape index (κ3) is 3.32. The fourth-order valence-electron chi connectivity index (χ4n) is 4.81. The van der Waals surface area contributed by atoms with Gasteiger partial charge in [0, 0.05) is 25.0 Å². The number of hydrogen-bond acceptors (Lipinski definition) is 3. The third-order valence-electron chi connectivity index (χ3n) is 6.10. The van der Waals surface area contributed by atoms with E-state index < -0.39 is 10.0 Å². The van der Waals surface area contributed by atoms with Crippen LogP contribution in [0.3, 0.4) is 0 Å². The van der Waals surface area contributed by atoms with Crippen molar-refractivity contribution >= 4 is 15.9 Å². The van der Waals surface area contributed by atoms with Gasteiger partial charge in [-0.1, -0.05) is 6.42 Å². The summed E-state index contributed by atoms with van der Waals surface area (Å²) < 4.78 is 24.5. The van der Waals surface area contributed by atoms with Crippen LogP contribution in [0.4, 0.5) is 0 Å². The van der Waals surface area contributed by atoms with Crippen LogP contribution in [0.1, 0.15) is 45.4 Å². The number of fused-ring (bicyclic) bond motifs is 2. The summed E-state index contributed by atoms with van der Waals surface area (Å²) in [4.78, 5) is 12.4. The van der Waals surface area contributed by atoms with Crippen molar-refractivity contribution in [3.63, 3.8) is 0 Å². The van der Waals surface area contributed by atoms with Gasteiger partial charge >= 0.3 is 0 Å². The zero-order valence-electron chi connectivity index (χ0n) is 13.6. The highest BCUT2D eigenvalue weighted by Gasteiger charge is 2.42. The van der Waals surface area contributed by atoms with E-state index in [9.17, 15) is 13.2 Å². The Morgan fingerprint density at radius 2 is 1.82 bits per heavy atom. The van der Waals surface area contributed by atoms with E-state index in [0.717, 1.165) is 11.8 Å². The molecule has 2 saturated carbocycles. The predicted octanol–water partition coefficient (Wildman–Crippen LogP) is 1.60. The highest BCUT2D eigenvalue weighted by Crippen LogP contribution is 2.49. The first-order valence-corrected chi connectivity index (χ1v) is 10.4. The average Bonchev–Trinajstić information content (AvgIpc) is 3.09. The molecule has 0 aromatic rings. The minimum Gasteiger partial charge on any atom is -0.353 e. The fraction of sp³-hybridized carbons (Fsp3) is 0.938. The number of piperidine rings is 1. The van der Waals surface area contributed by atoms with Crippen molar-refractivity contribution < 1.29 is 13.2 Å². The molecule has 3 rings (SSSR count). The maximum Gasteiger partial charge on any atom is 0.223 e. The van der Waals surface area contributed by atoms with Gasteiger partial charge in [-0.05, 0) is 56.8 Å². The Labute approximate surface area is 133 Å². The summed E-state index contributed by atoms with van der Waals surface area (Å²) in [5.74, 6) is 2.46. The van der Waals surface area contributed by atoms with E-state index in [2.05, 4.69) is 12.2 Å². The molecule has 1 aliphatic heterocycles. The minimum atomic E-state index is -3.12. The highest BCUT2D eigenvalue weighted by molar-refractivity contribution is 7.88. The molecule has 0 unspecified atom stereocenters. The topological polar surface area (TPSA) is 66.5 Å². The Morgan fingerprint density at radius 1 is 1.14 bits per heavy atom. The van der Waals surface area contributed by atoms with Gasteiger partial charge in [0.05, 0.1) is 6.26 Å². The largest absolute Gasteiger partial charge is 0.353 e. The molecular weight excluding hydrogens is 300 g/mol. The summed E-state index contributed by atoms with van der Waals surface area (Å²) in [6.45, 7) is 3.09. The van der Waals surface area contributed by atoms with Crippen LogP contribution >= 0.6 is 0 Å². The molecule has 3 fully saturated rings. The normalized spacial score (nSPS) is 34.7. The van der Waals surface area contributed by atoms with E-state index >= 15 is 0 Å². The summed E-state index contributed by atoms with van der Waals surface area (Å²) in [6, 6.07) is 0.260. The molecule has 1 heterocycles. The molecule has 1 saturated heterocycles. The predicted molar refractivity (Wildman–Crippen MR) is 85.7 cm³/mol. The molecule has 1 amide bonds. The molecule has 0 aromatic carbocycles. The third-order valence-corrected chi connectivity index (χ3v) is 7.40. The zero-order chi connectivity index (χ0) is 15.9. The van der Waals surface area contributed by atoms with Crippen LogP contribution in [0, 0.1) is 23.7 Å². The molecule has 3 aliphatic rings. The van der Waals surface area contributed by atoms with Crippen molar-refractivity contribution in [3.8, 4) is 0 Å². The Bertz CT molecular complexity index is 526. The van der Waals surface area contributed by atoms with Gasteiger partial charge < -0.3 is 5.32 Å². The molecular formula is C16H28N2O3S. The number of carbonyl (C=O) groups excluding carboxylic acids is 1. The summed E-state index contributed by atoms with van der Waals surface area (Å²) in [5.41, 5.74) is 0. The Hall–Kier alpha value is -0.620. The average molecular weight is 328 g/mol. The first-order valence-electron chi connectivity index (χ1n) is 8.60. The Kier molecular flexibility index (Phi) is 4.52. The lowest BCUT2D eigenvalue weighted by molar-refractivity contribution is -0.127. The standard InChI is InChI=1S/C16H28N2O3S/c1-11(15-10-12-3-4-14(15)9-12)17-16(19)13-5-7-18(8-6-13)22(2,20)21/h11-15H,3-10H2,1-2H3,(H,17,19)/t11-,12-,14-,15+/m1/s1. The second-order valence-corrected chi connectivity index (χ2v) is 9.55. The van der Waals surface area contributed by atoms with Gasteiger partial charge in [0.15, 0.2) is 0 Å². The molecule has 0 radical (unpaired) electrons. The van der Waals surface area contributed by atoms with Crippen molar-refractivity contribution in [2.45, 2.75) is 51.5 Å².